The Bertz CT molecular complexity index is 1340. The number of H-pyrrole nitrogens is 1. The molecule has 2 aromatic carbocycles. The summed E-state index contributed by atoms with van der Waals surface area (Å²) in [5.74, 6) is -0.693. The van der Waals surface area contributed by atoms with Crippen LogP contribution in [0.3, 0.4) is 0 Å². The maximum atomic E-state index is 12.6. The van der Waals surface area contributed by atoms with Gasteiger partial charge in [0.05, 0.1) is 9.83 Å². The average Bonchev–Trinajstić information content (AvgIpc) is 3.34. The van der Waals surface area contributed by atoms with E-state index < -0.39 is 16.1 Å². The molecule has 2 heterocycles. The quantitative estimate of drug-likeness (QED) is 0.267. The van der Waals surface area contributed by atoms with Gasteiger partial charge in [-0.15, -0.1) is 0 Å². The number of thioether (sulfide) groups is 1. The SMILES string of the molecule is O=C(CCc1c[nH]c2ccccc12)NCCN1C(=O)S/C(=C\c2ccc(Cl)c([N+](=O)[O-])c2)C1=O. The molecule has 3 aromatic rings. The molecule has 1 aromatic heterocycles. The van der Waals surface area contributed by atoms with E-state index in [9.17, 15) is 24.5 Å². The summed E-state index contributed by atoms with van der Waals surface area (Å²) in [6, 6.07) is 12.0. The van der Waals surface area contributed by atoms with Gasteiger partial charge in [-0.05, 0) is 47.5 Å². The number of aromatic amines is 1. The number of hydrogen-bond donors (Lipinski definition) is 2. The van der Waals surface area contributed by atoms with E-state index in [1.807, 2.05) is 30.5 Å². The molecule has 0 aliphatic carbocycles. The number of benzene rings is 2. The highest BCUT2D eigenvalue weighted by Crippen LogP contribution is 2.33. The van der Waals surface area contributed by atoms with Crippen LogP contribution in [0.4, 0.5) is 10.5 Å². The third-order valence-corrected chi connectivity index (χ3v) is 6.52. The first-order chi connectivity index (χ1) is 16.3. The van der Waals surface area contributed by atoms with Gasteiger partial charge < -0.3 is 10.3 Å². The lowest BCUT2D eigenvalue weighted by Crippen LogP contribution is -2.37. The molecule has 0 spiro atoms. The van der Waals surface area contributed by atoms with Crippen LogP contribution in [0.1, 0.15) is 17.5 Å². The van der Waals surface area contributed by atoms with E-state index in [-0.39, 0.29) is 41.0 Å². The molecule has 0 saturated carbocycles. The van der Waals surface area contributed by atoms with Crippen LogP contribution in [-0.2, 0) is 16.0 Å². The van der Waals surface area contributed by atoms with Crippen molar-refractivity contribution in [2.24, 2.45) is 0 Å². The van der Waals surface area contributed by atoms with E-state index in [1.165, 1.54) is 24.3 Å². The van der Waals surface area contributed by atoms with Crippen molar-refractivity contribution >= 4 is 63.1 Å². The Morgan fingerprint density at radius 3 is 2.82 bits per heavy atom. The zero-order valence-corrected chi connectivity index (χ0v) is 19.3. The van der Waals surface area contributed by atoms with Crippen LogP contribution in [0.2, 0.25) is 5.02 Å². The third kappa shape index (κ3) is 5.13. The van der Waals surface area contributed by atoms with Gasteiger partial charge in [-0.25, -0.2) is 0 Å². The molecule has 34 heavy (non-hydrogen) atoms. The van der Waals surface area contributed by atoms with Crippen LogP contribution < -0.4 is 5.32 Å². The maximum Gasteiger partial charge on any atom is 0.293 e. The highest BCUT2D eigenvalue weighted by molar-refractivity contribution is 8.18. The van der Waals surface area contributed by atoms with Crippen LogP contribution >= 0.6 is 23.4 Å². The molecule has 2 N–H and O–H groups in total. The largest absolute Gasteiger partial charge is 0.361 e. The number of nitro groups is 1. The van der Waals surface area contributed by atoms with Crippen molar-refractivity contribution in [1.29, 1.82) is 0 Å². The predicted molar refractivity (Wildman–Crippen MR) is 130 cm³/mol. The van der Waals surface area contributed by atoms with Crippen molar-refractivity contribution in [3.63, 3.8) is 0 Å². The summed E-state index contributed by atoms with van der Waals surface area (Å²) in [6.45, 7) is 0.159. The lowest BCUT2D eigenvalue weighted by molar-refractivity contribution is -0.384. The number of halogens is 1. The number of aromatic nitrogens is 1. The minimum atomic E-state index is -0.618. The molecule has 174 valence electrons. The van der Waals surface area contributed by atoms with Gasteiger partial charge >= 0.3 is 0 Å². The van der Waals surface area contributed by atoms with Gasteiger partial charge in [-0.3, -0.25) is 29.4 Å². The van der Waals surface area contributed by atoms with E-state index in [1.54, 1.807) is 0 Å². The van der Waals surface area contributed by atoms with E-state index in [0.717, 1.165) is 33.1 Å². The smallest absolute Gasteiger partial charge is 0.293 e. The van der Waals surface area contributed by atoms with Crippen LogP contribution in [0.15, 0.2) is 53.6 Å². The fourth-order valence-corrected chi connectivity index (χ4v) is 4.64. The number of imide groups is 1. The summed E-state index contributed by atoms with van der Waals surface area (Å²) in [6.07, 6.45) is 4.14. The number of hydrogen-bond acceptors (Lipinski definition) is 6. The molecule has 0 atom stereocenters. The molecule has 1 saturated heterocycles. The monoisotopic (exact) mass is 498 g/mol. The average molecular weight is 499 g/mol. The maximum absolute atomic E-state index is 12.6. The Labute approximate surface area is 203 Å². The fraction of sp³-hybridized carbons (Fsp3) is 0.174. The molecule has 1 fully saturated rings. The fourth-order valence-electron chi connectivity index (χ4n) is 3.59. The van der Waals surface area contributed by atoms with Gasteiger partial charge in [0.25, 0.3) is 16.8 Å². The second kappa shape index (κ2) is 10.1. The first-order valence-corrected chi connectivity index (χ1v) is 11.5. The topological polar surface area (TPSA) is 125 Å². The van der Waals surface area contributed by atoms with E-state index in [4.69, 9.17) is 11.6 Å². The number of nitrogens with zero attached hydrogens (tertiary/aromatic N) is 2. The normalized spacial score (nSPS) is 14.9. The zero-order valence-electron chi connectivity index (χ0n) is 17.7. The highest BCUT2D eigenvalue weighted by Gasteiger charge is 2.34. The molecule has 4 rings (SSSR count). The number of rotatable bonds is 8. The van der Waals surface area contributed by atoms with Gasteiger partial charge in [-0.1, -0.05) is 35.9 Å². The van der Waals surface area contributed by atoms with Gasteiger partial charge in [0.2, 0.25) is 5.91 Å². The number of amides is 3. The third-order valence-electron chi connectivity index (χ3n) is 5.29. The van der Waals surface area contributed by atoms with Crippen molar-refractivity contribution < 1.29 is 19.3 Å². The Balaban J connectivity index is 1.30. The molecule has 0 radical (unpaired) electrons. The van der Waals surface area contributed by atoms with Gasteiger partial charge in [0, 0.05) is 42.7 Å². The van der Waals surface area contributed by atoms with Crippen LogP contribution in [-0.4, -0.2) is 45.0 Å². The van der Waals surface area contributed by atoms with Crippen molar-refractivity contribution in [3.05, 3.63) is 79.8 Å². The van der Waals surface area contributed by atoms with Crippen LogP contribution in [0.25, 0.3) is 17.0 Å². The summed E-state index contributed by atoms with van der Waals surface area (Å²) in [4.78, 5) is 51.9. The van der Waals surface area contributed by atoms with E-state index in [0.29, 0.717) is 12.0 Å². The summed E-state index contributed by atoms with van der Waals surface area (Å²) in [5.41, 5.74) is 2.15. The molecule has 3 amide bonds. The molecule has 0 bridgehead atoms. The summed E-state index contributed by atoms with van der Waals surface area (Å²) in [7, 11) is 0. The first kappa shape index (κ1) is 23.5. The number of aryl methyl sites for hydroxylation is 1. The lowest BCUT2D eigenvalue weighted by Gasteiger charge is -2.13. The number of fused-ring (bicyclic) bond motifs is 1. The highest BCUT2D eigenvalue weighted by atomic mass is 35.5. The second-order valence-electron chi connectivity index (χ2n) is 7.51. The van der Waals surface area contributed by atoms with Gasteiger partial charge in [-0.2, -0.15) is 0 Å². The lowest BCUT2D eigenvalue weighted by atomic mass is 10.1. The molecular formula is C23H19ClN4O5S. The van der Waals surface area contributed by atoms with Crippen molar-refractivity contribution in [2.75, 3.05) is 13.1 Å². The molecule has 0 unspecified atom stereocenters. The van der Waals surface area contributed by atoms with Crippen LogP contribution in [0.5, 0.6) is 0 Å². The minimum Gasteiger partial charge on any atom is -0.361 e. The number of para-hydroxylation sites is 1. The standard InChI is InChI=1S/C23H19ClN4O5S/c24-17-7-5-14(11-19(17)28(32)33)12-20-22(30)27(23(31)34-20)10-9-25-21(29)8-6-15-13-26-18-4-2-1-3-16(15)18/h1-5,7,11-13,26H,6,8-10H2,(H,25,29)/b20-12-. The molecule has 11 heteroatoms. The Morgan fingerprint density at radius 1 is 1.24 bits per heavy atom. The Kier molecular flexibility index (Phi) is 6.99. The zero-order chi connectivity index (χ0) is 24.2. The summed E-state index contributed by atoms with van der Waals surface area (Å²) in [5, 5.41) is 14.4. The van der Waals surface area contributed by atoms with Crippen molar-refractivity contribution in [1.82, 2.24) is 15.2 Å². The number of nitro benzene ring substituents is 1. The number of nitrogens with one attached hydrogen (secondary N) is 2. The Hall–Kier alpha value is -3.63. The number of carbonyl (C=O) groups excluding carboxylic acids is 3. The van der Waals surface area contributed by atoms with Gasteiger partial charge in [0.1, 0.15) is 5.02 Å². The number of carbonyl (C=O) groups is 3. The Morgan fingerprint density at radius 2 is 2.03 bits per heavy atom. The van der Waals surface area contributed by atoms with E-state index in [2.05, 4.69) is 10.3 Å². The van der Waals surface area contributed by atoms with E-state index >= 15 is 0 Å². The summed E-state index contributed by atoms with van der Waals surface area (Å²) >= 11 is 6.55. The molecule has 1 aliphatic heterocycles. The van der Waals surface area contributed by atoms with Crippen LogP contribution in [0, 0.1) is 10.1 Å². The molecule has 9 nitrogen and oxygen atoms in total. The van der Waals surface area contributed by atoms with Gasteiger partial charge in [0.15, 0.2) is 0 Å². The van der Waals surface area contributed by atoms with Crippen molar-refractivity contribution in [3.8, 4) is 0 Å². The predicted octanol–water partition coefficient (Wildman–Crippen LogP) is 4.51. The second-order valence-corrected chi connectivity index (χ2v) is 8.91. The summed E-state index contributed by atoms with van der Waals surface area (Å²) < 4.78 is 0. The first-order valence-electron chi connectivity index (χ1n) is 10.3. The molecular weight excluding hydrogens is 480 g/mol. The minimum absolute atomic E-state index is 0.0179. The molecule has 1 aliphatic rings. The van der Waals surface area contributed by atoms with Crippen molar-refractivity contribution in [2.45, 2.75) is 12.8 Å².